The average molecular weight is 585 g/mol. The highest BCUT2D eigenvalue weighted by Crippen LogP contribution is 2.26. The highest BCUT2D eigenvalue weighted by atomic mass is 16.1. The molecule has 0 atom stereocenters. The van der Waals surface area contributed by atoms with E-state index in [1.165, 1.54) is 11.1 Å². The smallest absolute Gasteiger partial charge is 0.227 e. The summed E-state index contributed by atoms with van der Waals surface area (Å²) < 4.78 is 0. The van der Waals surface area contributed by atoms with Gasteiger partial charge in [-0.15, -0.1) is 0 Å². The molecule has 224 valence electrons. The first-order valence-corrected chi connectivity index (χ1v) is 15.4. The second-order valence-corrected chi connectivity index (χ2v) is 11.8. The van der Waals surface area contributed by atoms with Crippen LogP contribution in [-0.2, 0) is 24.4 Å². The van der Waals surface area contributed by atoms with Crippen molar-refractivity contribution in [3.8, 4) is 0 Å². The van der Waals surface area contributed by atoms with Crippen molar-refractivity contribution >= 4 is 34.3 Å². The van der Waals surface area contributed by atoms with Crippen molar-refractivity contribution in [3.05, 3.63) is 125 Å². The molecule has 0 unspecified atom stereocenters. The molecule has 0 saturated carbocycles. The lowest BCUT2D eigenvalue weighted by Crippen LogP contribution is -2.37. The van der Waals surface area contributed by atoms with Gasteiger partial charge in [-0.05, 0) is 79.4 Å². The highest BCUT2D eigenvalue weighted by Gasteiger charge is 2.25. The fourth-order valence-corrected chi connectivity index (χ4v) is 5.79. The molecule has 1 fully saturated rings. The third-order valence-corrected chi connectivity index (χ3v) is 8.33. The molecule has 1 aromatic heterocycles. The molecule has 0 aliphatic carbocycles. The van der Waals surface area contributed by atoms with Crippen molar-refractivity contribution in [2.75, 3.05) is 35.7 Å². The quantitative estimate of drug-likeness (QED) is 0.184. The Labute approximate surface area is 260 Å². The number of amides is 1. The number of hydrogen-bond donors (Lipinski definition) is 2. The zero-order valence-electron chi connectivity index (χ0n) is 25.5. The summed E-state index contributed by atoms with van der Waals surface area (Å²) in [6.45, 7) is 6.24. The molecule has 2 N–H and O–H groups in total. The number of aryl methyl sites for hydroxylation is 1. The van der Waals surface area contributed by atoms with Crippen LogP contribution in [0.2, 0.25) is 0 Å². The third-order valence-electron chi connectivity index (χ3n) is 8.33. The molecule has 1 saturated heterocycles. The van der Waals surface area contributed by atoms with E-state index in [9.17, 15) is 4.79 Å². The van der Waals surface area contributed by atoms with E-state index in [1.807, 2.05) is 43.4 Å². The van der Waals surface area contributed by atoms with Gasteiger partial charge in [-0.2, -0.15) is 4.98 Å². The Morgan fingerprint density at radius 2 is 1.52 bits per heavy atom. The first-order chi connectivity index (χ1) is 21.5. The van der Waals surface area contributed by atoms with Crippen LogP contribution in [0.15, 0.2) is 103 Å². The summed E-state index contributed by atoms with van der Waals surface area (Å²) in [6, 6.07) is 35.3. The SMILES string of the molecule is Cc1ccc2c(NCc3ccc(NC(=O)C4CCN(Cc5ccccc5)CC4)cc3)nc(N(C)Cc3ccccc3)nc2c1. The van der Waals surface area contributed by atoms with Crippen LogP contribution in [0, 0.1) is 12.8 Å². The second kappa shape index (κ2) is 13.7. The van der Waals surface area contributed by atoms with Crippen molar-refractivity contribution in [2.24, 2.45) is 5.92 Å². The van der Waals surface area contributed by atoms with Crippen LogP contribution in [0.3, 0.4) is 0 Å². The summed E-state index contributed by atoms with van der Waals surface area (Å²) in [6.07, 6.45) is 1.77. The van der Waals surface area contributed by atoms with Gasteiger partial charge in [-0.3, -0.25) is 9.69 Å². The van der Waals surface area contributed by atoms with Gasteiger partial charge >= 0.3 is 0 Å². The van der Waals surface area contributed by atoms with Crippen LogP contribution >= 0.6 is 0 Å². The summed E-state index contributed by atoms with van der Waals surface area (Å²) in [7, 11) is 2.02. The molecule has 1 amide bonds. The first kappa shape index (κ1) is 29.3. The number of carbonyl (C=O) groups excluding carboxylic acids is 1. The lowest BCUT2D eigenvalue weighted by atomic mass is 9.95. The molecule has 0 bridgehead atoms. The number of carbonyl (C=O) groups is 1. The number of benzene rings is 4. The Balaban J connectivity index is 1.06. The number of rotatable bonds is 10. The van der Waals surface area contributed by atoms with Crippen molar-refractivity contribution in [3.63, 3.8) is 0 Å². The molecule has 4 aromatic carbocycles. The van der Waals surface area contributed by atoms with Crippen molar-refractivity contribution in [1.29, 1.82) is 0 Å². The average Bonchev–Trinajstić information content (AvgIpc) is 3.05. The lowest BCUT2D eigenvalue weighted by Gasteiger charge is -2.31. The minimum absolute atomic E-state index is 0.0484. The van der Waals surface area contributed by atoms with Crippen LogP contribution in [0.4, 0.5) is 17.5 Å². The fraction of sp³-hybridized carbons (Fsp3) is 0.270. The van der Waals surface area contributed by atoms with Crippen molar-refractivity contribution in [2.45, 2.75) is 39.4 Å². The van der Waals surface area contributed by atoms with Crippen LogP contribution < -0.4 is 15.5 Å². The van der Waals surface area contributed by atoms with Crippen LogP contribution in [0.5, 0.6) is 0 Å². The van der Waals surface area contributed by atoms with Gasteiger partial charge in [0.25, 0.3) is 0 Å². The second-order valence-electron chi connectivity index (χ2n) is 11.8. The maximum atomic E-state index is 13.0. The van der Waals surface area contributed by atoms with Gasteiger partial charge < -0.3 is 15.5 Å². The number of nitrogens with one attached hydrogen (secondary N) is 2. The van der Waals surface area contributed by atoms with E-state index in [0.717, 1.165) is 72.6 Å². The molecular weight excluding hydrogens is 544 g/mol. The van der Waals surface area contributed by atoms with E-state index in [-0.39, 0.29) is 11.8 Å². The number of hydrogen-bond acceptors (Lipinski definition) is 6. The summed E-state index contributed by atoms with van der Waals surface area (Å²) in [5, 5.41) is 7.68. The summed E-state index contributed by atoms with van der Waals surface area (Å²) in [5.74, 6) is 1.65. The summed E-state index contributed by atoms with van der Waals surface area (Å²) in [5.41, 5.74) is 6.55. The maximum Gasteiger partial charge on any atom is 0.227 e. The fourth-order valence-electron chi connectivity index (χ4n) is 5.79. The first-order valence-electron chi connectivity index (χ1n) is 15.4. The summed E-state index contributed by atoms with van der Waals surface area (Å²) in [4.78, 5) is 27.3. The van der Waals surface area contributed by atoms with Gasteiger partial charge in [0.05, 0.1) is 5.52 Å². The maximum absolute atomic E-state index is 13.0. The minimum Gasteiger partial charge on any atom is -0.365 e. The summed E-state index contributed by atoms with van der Waals surface area (Å²) >= 11 is 0. The van der Waals surface area contributed by atoms with Gasteiger partial charge in [0.2, 0.25) is 11.9 Å². The molecule has 0 spiro atoms. The van der Waals surface area contributed by atoms with Crippen LogP contribution in [0.1, 0.15) is 35.1 Å². The normalized spacial score (nSPS) is 14.0. The number of likely N-dealkylation sites (tertiary alicyclic amines) is 1. The lowest BCUT2D eigenvalue weighted by molar-refractivity contribution is -0.121. The molecule has 7 heteroatoms. The molecule has 1 aliphatic heterocycles. The van der Waals surface area contributed by atoms with Gasteiger partial charge in [-0.25, -0.2) is 4.98 Å². The molecule has 1 aliphatic rings. The molecule has 0 radical (unpaired) electrons. The van der Waals surface area contributed by atoms with E-state index in [0.29, 0.717) is 12.5 Å². The Bertz CT molecular complexity index is 1680. The Morgan fingerprint density at radius 3 is 2.23 bits per heavy atom. The van der Waals surface area contributed by atoms with Crippen LogP contribution in [0.25, 0.3) is 10.9 Å². The third kappa shape index (κ3) is 7.41. The topological polar surface area (TPSA) is 73.4 Å². The zero-order chi connectivity index (χ0) is 30.3. The van der Waals surface area contributed by atoms with Crippen molar-refractivity contribution in [1.82, 2.24) is 14.9 Å². The van der Waals surface area contributed by atoms with Gasteiger partial charge in [0, 0.05) is 43.7 Å². The van der Waals surface area contributed by atoms with Gasteiger partial charge in [0.15, 0.2) is 0 Å². The standard InChI is InChI=1S/C37H40N6O/c1-27-13-18-33-34(23-27)40-37(42(2)25-29-9-5-3-6-10-29)41-35(33)38-24-28-14-16-32(17-15-28)39-36(44)31-19-21-43(22-20-31)26-30-11-7-4-8-12-30/h3-18,23,31H,19-22,24-26H2,1-2H3,(H,39,44)(H,38,40,41). The highest BCUT2D eigenvalue weighted by molar-refractivity contribution is 5.93. The Morgan fingerprint density at radius 1 is 0.841 bits per heavy atom. The molecular formula is C37H40N6O. The molecule has 2 heterocycles. The number of anilines is 3. The monoisotopic (exact) mass is 584 g/mol. The van der Waals surface area contributed by atoms with E-state index < -0.39 is 0 Å². The van der Waals surface area contributed by atoms with Gasteiger partial charge in [-0.1, -0.05) is 78.9 Å². The van der Waals surface area contributed by atoms with E-state index >= 15 is 0 Å². The predicted molar refractivity (Wildman–Crippen MR) is 180 cm³/mol. The van der Waals surface area contributed by atoms with E-state index in [1.54, 1.807) is 0 Å². The van der Waals surface area contributed by atoms with Crippen LogP contribution in [-0.4, -0.2) is 40.9 Å². The van der Waals surface area contributed by atoms with Crippen molar-refractivity contribution < 1.29 is 4.79 Å². The van der Waals surface area contributed by atoms with E-state index in [2.05, 4.69) is 94.1 Å². The minimum atomic E-state index is 0.0484. The number of nitrogens with zero attached hydrogens (tertiary/aromatic N) is 4. The molecule has 44 heavy (non-hydrogen) atoms. The Hall–Kier alpha value is -4.75. The molecule has 7 nitrogen and oxygen atoms in total. The van der Waals surface area contributed by atoms with E-state index in [4.69, 9.17) is 9.97 Å². The molecule has 6 rings (SSSR count). The Kier molecular flexibility index (Phi) is 9.13. The zero-order valence-corrected chi connectivity index (χ0v) is 25.5. The predicted octanol–water partition coefficient (Wildman–Crippen LogP) is 7.04. The number of piperidine rings is 1. The largest absolute Gasteiger partial charge is 0.365 e. The van der Waals surface area contributed by atoms with Gasteiger partial charge in [0.1, 0.15) is 5.82 Å². The number of aromatic nitrogens is 2. The number of fused-ring (bicyclic) bond motifs is 1. The molecule has 5 aromatic rings.